The molecule has 2 heterocycles. The van der Waals surface area contributed by atoms with Crippen molar-refractivity contribution in [3.63, 3.8) is 0 Å². The van der Waals surface area contributed by atoms with Gasteiger partial charge < -0.3 is 4.74 Å². The number of allylic oxidation sites excluding steroid dienone is 2. The summed E-state index contributed by atoms with van der Waals surface area (Å²) in [6.45, 7) is 7.17. The third kappa shape index (κ3) is 2.93. The minimum absolute atomic E-state index is 0.192. The van der Waals surface area contributed by atoms with Crippen LogP contribution in [0.3, 0.4) is 0 Å². The van der Waals surface area contributed by atoms with Crippen LogP contribution in [0.4, 0.5) is 4.79 Å². The fraction of sp³-hybridized carbons (Fsp3) is 0.538. The van der Waals surface area contributed by atoms with E-state index in [1.165, 1.54) is 4.90 Å². The van der Waals surface area contributed by atoms with E-state index in [-0.39, 0.29) is 38.9 Å². The number of rotatable bonds is 1. The van der Waals surface area contributed by atoms with E-state index in [0.717, 1.165) is 5.70 Å². The quantitative estimate of drug-likeness (QED) is 0.521. The topological polar surface area (TPSA) is 59.0 Å². The third-order valence-corrected chi connectivity index (χ3v) is 4.39. The standard InChI is InChI=1S/C13H17IN2O3/c1-8-10(9-6-5-7-14-15-9)16(11(8)17)12(18)19-13(2,3)4/h5-8,10H,1-4H3/t8-,10-/m1/s1. The second-order valence-corrected chi connectivity index (χ2v) is 7.27. The highest BCUT2D eigenvalue weighted by Gasteiger charge is 2.51. The average molecular weight is 376 g/mol. The van der Waals surface area contributed by atoms with Gasteiger partial charge in [-0.15, -0.1) is 0 Å². The van der Waals surface area contributed by atoms with Crippen molar-refractivity contribution in [1.82, 2.24) is 4.90 Å². The summed E-state index contributed by atoms with van der Waals surface area (Å²) in [6.07, 6.45) is 3.23. The first kappa shape index (κ1) is 14.4. The first-order valence-corrected chi connectivity index (χ1v) is 8.29. The Kier molecular flexibility index (Phi) is 3.89. The molecule has 0 radical (unpaired) electrons. The molecule has 2 amide bonds. The lowest BCUT2D eigenvalue weighted by Crippen LogP contribution is -2.63. The van der Waals surface area contributed by atoms with Gasteiger partial charge in [-0.1, -0.05) is 13.0 Å². The molecule has 1 fully saturated rings. The molecule has 5 nitrogen and oxygen atoms in total. The number of β-lactam (4-membered cyclic amide) rings is 1. The van der Waals surface area contributed by atoms with E-state index in [4.69, 9.17) is 4.74 Å². The number of likely N-dealkylation sites (tertiary alicyclic amines) is 1. The third-order valence-electron chi connectivity index (χ3n) is 2.81. The lowest BCUT2D eigenvalue weighted by molar-refractivity contribution is -0.150. The van der Waals surface area contributed by atoms with Gasteiger partial charge in [0.05, 0.1) is 17.7 Å². The van der Waals surface area contributed by atoms with Crippen molar-refractivity contribution < 1.29 is 14.3 Å². The monoisotopic (exact) mass is 376 g/mol. The largest absolute Gasteiger partial charge is 0.443 e. The van der Waals surface area contributed by atoms with Crippen LogP contribution >= 0.6 is 21.0 Å². The molecule has 0 aliphatic carbocycles. The number of imide groups is 1. The zero-order valence-corrected chi connectivity index (χ0v) is 13.5. The lowest BCUT2D eigenvalue weighted by Gasteiger charge is -2.44. The number of hydrogen-bond donors (Lipinski definition) is 0. The van der Waals surface area contributed by atoms with E-state index in [1.54, 1.807) is 20.8 Å². The molecular weight excluding hydrogens is 359 g/mol. The molecule has 0 aromatic carbocycles. The molecule has 2 aliphatic heterocycles. The molecule has 0 aromatic rings. The molecular formula is C13H17IN2O3. The normalized spacial score (nSPS) is 26.4. The van der Waals surface area contributed by atoms with Crippen molar-refractivity contribution in [2.45, 2.75) is 39.3 Å². The Morgan fingerprint density at radius 1 is 1.47 bits per heavy atom. The second kappa shape index (κ2) is 5.15. The SMILES string of the molecule is C[C@H]1C(=O)N(C(=O)OC(C)(C)C)[C@H]1C1=CC=CI=N1. The summed E-state index contributed by atoms with van der Waals surface area (Å²) in [4.78, 5) is 25.1. The van der Waals surface area contributed by atoms with E-state index in [0.29, 0.717) is 0 Å². The van der Waals surface area contributed by atoms with Crippen LogP contribution in [0.15, 0.2) is 25.1 Å². The van der Waals surface area contributed by atoms with Crippen LogP contribution in [0.5, 0.6) is 0 Å². The summed E-state index contributed by atoms with van der Waals surface area (Å²) in [5.41, 5.74) is 0.208. The van der Waals surface area contributed by atoms with E-state index < -0.39 is 11.7 Å². The Labute approximate surface area is 122 Å². The first-order valence-electron chi connectivity index (χ1n) is 6.08. The molecule has 0 aromatic heterocycles. The first-order chi connectivity index (χ1) is 8.81. The van der Waals surface area contributed by atoms with Crippen molar-refractivity contribution in [3.05, 3.63) is 21.9 Å². The predicted molar refractivity (Wildman–Crippen MR) is 79.7 cm³/mol. The minimum Gasteiger partial charge on any atom is -0.443 e. The highest BCUT2D eigenvalue weighted by Crippen LogP contribution is 2.36. The summed E-state index contributed by atoms with van der Waals surface area (Å²) in [5, 5.41) is 0. The van der Waals surface area contributed by atoms with Crippen LogP contribution in [0.2, 0.25) is 0 Å². The fourth-order valence-corrected chi connectivity index (χ4v) is 3.29. The maximum atomic E-state index is 12.1. The van der Waals surface area contributed by atoms with E-state index in [9.17, 15) is 9.59 Å². The smallest absolute Gasteiger partial charge is 0.417 e. The average Bonchev–Trinajstić information content (AvgIpc) is 2.33. The Morgan fingerprint density at radius 3 is 2.68 bits per heavy atom. The Hall–Kier alpha value is -1.05. The maximum absolute atomic E-state index is 12.1. The number of ether oxygens (including phenoxy) is 1. The molecule has 0 spiro atoms. The molecule has 2 atom stereocenters. The van der Waals surface area contributed by atoms with Crippen LogP contribution in [0.1, 0.15) is 27.7 Å². The van der Waals surface area contributed by atoms with Crippen molar-refractivity contribution in [2.75, 3.05) is 0 Å². The molecule has 0 N–H and O–H groups in total. The zero-order valence-electron chi connectivity index (χ0n) is 11.4. The van der Waals surface area contributed by atoms with Crippen molar-refractivity contribution in [2.24, 2.45) is 9.06 Å². The van der Waals surface area contributed by atoms with Gasteiger partial charge in [-0.3, -0.25) is 4.79 Å². The minimum atomic E-state index is -0.605. The Balaban J connectivity index is 2.17. The molecule has 19 heavy (non-hydrogen) atoms. The lowest BCUT2D eigenvalue weighted by atomic mass is 9.87. The van der Waals surface area contributed by atoms with Gasteiger partial charge in [0.15, 0.2) is 0 Å². The summed E-state index contributed by atoms with van der Waals surface area (Å²) in [6, 6.07) is -0.271. The van der Waals surface area contributed by atoms with E-state index in [2.05, 4.69) is 3.15 Å². The van der Waals surface area contributed by atoms with Crippen LogP contribution in [-0.2, 0) is 9.53 Å². The summed E-state index contributed by atoms with van der Waals surface area (Å²) < 4.78 is 11.8. The highest BCUT2D eigenvalue weighted by atomic mass is 127. The Morgan fingerprint density at radius 2 is 2.16 bits per heavy atom. The van der Waals surface area contributed by atoms with Gasteiger partial charge >= 0.3 is 6.09 Å². The molecule has 6 heteroatoms. The second-order valence-electron chi connectivity index (χ2n) is 5.51. The summed E-state index contributed by atoms with van der Waals surface area (Å²) >= 11 is -0.346. The molecule has 0 bridgehead atoms. The van der Waals surface area contributed by atoms with Gasteiger partial charge in [0.1, 0.15) is 5.60 Å². The molecule has 2 rings (SSSR count). The van der Waals surface area contributed by atoms with Crippen LogP contribution in [0, 0.1) is 5.92 Å². The molecule has 0 saturated carbocycles. The Bertz CT molecular complexity index is 503. The zero-order chi connectivity index (χ0) is 14.2. The predicted octanol–water partition coefficient (Wildman–Crippen LogP) is 3.33. The van der Waals surface area contributed by atoms with Crippen LogP contribution in [-0.4, -0.2) is 28.5 Å². The molecule has 2 aliphatic rings. The summed E-state index contributed by atoms with van der Waals surface area (Å²) in [5.74, 6) is -0.402. The molecule has 1 saturated heterocycles. The van der Waals surface area contributed by atoms with Crippen LogP contribution < -0.4 is 0 Å². The van der Waals surface area contributed by atoms with Crippen molar-refractivity contribution in [1.29, 1.82) is 0 Å². The number of carbonyl (C=O) groups excluding carboxylic acids is 2. The molecule has 0 unspecified atom stereocenters. The van der Waals surface area contributed by atoms with Gasteiger partial charge in [-0.25, -0.2) is 12.8 Å². The number of hydrogen-bond acceptors (Lipinski definition) is 4. The van der Waals surface area contributed by atoms with Crippen LogP contribution in [0.25, 0.3) is 0 Å². The van der Waals surface area contributed by atoms with E-state index >= 15 is 0 Å². The highest BCUT2D eigenvalue weighted by molar-refractivity contribution is 14.2. The van der Waals surface area contributed by atoms with E-state index in [1.807, 2.05) is 23.2 Å². The van der Waals surface area contributed by atoms with Gasteiger partial charge in [0, 0.05) is 21.0 Å². The number of nitrogens with zero attached hydrogens (tertiary/aromatic N) is 2. The number of halogens is 1. The van der Waals surface area contributed by atoms with Crippen molar-refractivity contribution >= 4 is 33.0 Å². The number of amides is 2. The van der Waals surface area contributed by atoms with Gasteiger partial charge in [-0.05, 0) is 30.9 Å². The fourth-order valence-electron chi connectivity index (χ4n) is 1.96. The maximum Gasteiger partial charge on any atom is 0.417 e. The molecule has 104 valence electrons. The van der Waals surface area contributed by atoms with Gasteiger partial charge in [0.2, 0.25) is 5.91 Å². The van der Waals surface area contributed by atoms with Gasteiger partial charge in [-0.2, -0.15) is 0 Å². The van der Waals surface area contributed by atoms with Crippen molar-refractivity contribution in [3.8, 4) is 0 Å². The van der Waals surface area contributed by atoms with Gasteiger partial charge in [0.25, 0.3) is 0 Å². The number of carbonyl (C=O) groups is 2. The summed E-state index contributed by atoms with van der Waals surface area (Å²) in [7, 11) is 0.